The Bertz CT molecular complexity index is 569. The van der Waals surface area contributed by atoms with Gasteiger partial charge in [0, 0.05) is 12.1 Å². The molecule has 114 valence electrons. The van der Waals surface area contributed by atoms with Crippen molar-refractivity contribution in [3.05, 3.63) is 42.4 Å². The molecular weight excluding hydrogens is 285 g/mol. The van der Waals surface area contributed by atoms with Crippen LogP contribution < -0.4 is 0 Å². The van der Waals surface area contributed by atoms with Crippen molar-refractivity contribution in [3.63, 3.8) is 0 Å². The van der Waals surface area contributed by atoms with Crippen molar-refractivity contribution in [1.82, 2.24) is 9.88 Å². The molecule has 7 heteroatoms. The average molecular weight is 300 g/mol. The molecular formula is C14H15F3N2O2. The molecule has 0 saturated heterocycles. The smallest absolute Gasteiger partial charge is 0.415 e. The maximum atomic E-state index is 12.3. The van der Waals surface area contributed by atoms with Gasteiger partial charge in [0.25, 0.3) is 0 Å². The summed E-state index contributed by atoms with van der Waals surface area (Å²) in [6.07, 6.45) is -5.48. The van der Waals surface area contributed by atoms with Gasteiger partial charge in [-0.3, -0.25) is 4.90 Å². The van der Waals surface area contributed by atoms with Gasteiger partial charge in [-0.1, -0.05) is 30.3 Å². The van der Waals surface area contributed by atoms with Crippen LogP contribution >= 0.6 is 0 Å². The van der Waals surface area contributed by atoms with Crippen molar-refractivity contribution in [2.45, 2.75) is 18.8 Å². The van der Waals surface area contributed by atoms with Gasteiger partial charge in [0.2, 0.25) is 5.89 Å². The SMILES string of the molecule is CN(Cc1ncc(-c2ccccc2)o1)CC(O)C(F)(F)F. The van der Waals surface area contributed by atoms with Crippen LogP contribution in [0.2, 0.25) is 0 Å². The van der Waals surface area contributed by atoms with E-state index in [1.807, 2.05) is 30.3 Å². The largest absolute Gasteiger partial charge is 0.439 e. The number of rotatable bonds is 5. The van der Waals surface area contributed by atoms with Crippen molar-refractivity contribution >= 4 is 0 Å². The number of aromatic nitrogens is 1. The van der Waals surface area contributed by atoms with Gasteiger partial charge in [-0.15, -0.1) is 0 Å². The average Bonchev–Trinajstić information content (AvgIpc) is 2.87. The van der Waals surface area contributed by atoms with E-state index in [1.165, 1.54) is 18.1 Å². The monoisotopic (exact) mass is 300 g/mol. The first-order valence-electron chi connectivity index (χ1n) is 6.29. The molecule has 1 aromatic carbocycles. The fraction of sp³-hybridized carbons (Fsp3) is 0.357. The van der Waals surface area contributed by atoms with Gasteiger partial charge in [-0.05, 0) is 7.05 Å². The summed E-state index contributed by atoms with van der Waals surface area (Å²) >= 11 is 0. The summed E-state index contributed by atoms with van der Waals surface area (Å²) in [5, 5.41) is 9.00. The van der Waals surface area contributed by atoms with Crippen LogP contribution in [-0.4, -0.2) is 40.9 Å². The molecule has 0 amide bonds. The first-order chi connectivity index (χ1) is 9.86. The van der Waals surface area contributed by atoms with Crippen LogP contribution in [0.4, 0.5) is 13.2 Å². The molecule has 0 fully saturated rings. The Morgan fingerprint density at radius 3 is 2.57 bits per heavy atom. The maximum absolute atomic E-state index is 12.3. The molecule has 0 saturated carbocycles. The molecule has 21 heavy (non-hydrogen) atoms. The Morgan fingerprint density at radius 2 is 1.95 bits per heavy atom. The van der Waals surface area contributed by atoms with Crippen molar-refractivity contribution in [1.29, 1.82) is 0 Å². The van der Waals surface area contributed by atoms with E-state index in [-0.39, 0.29) is 6.54 Å². The minimum Gasteiger partial charge on any atom is -0.439 e. The van der Waals surface area contributed by atoms with Crippen molar-refractivity contribution in [2.24, 2.45) is 0 Å². The number of halogens is 3. The number of hydrogen-bond acceptors (Lipinski definition) is 4. The second-order valence-electron chi connectivity index (χ2n) is 4.74. The third kappa shape index (κ3) is 4.30. The molecule has 2 aromatic rings. The van der Waals surface area contributed by atoms with Crippen LogP contribution in [0, 0.1) is 0 Å². The van der Waals surface area contributed by atoms with Crippen molar-refractivity contribution in [3.8, 4) is 11.3 Å². The number of alkyl halides is 3. The fourth-order valence-corrected chi connectivity index (χ4v) is 1.81. The Morgan fingerprint density at radius 1 is 1.29 bits per heavy atom. The molecule has 0 radical (unpaired) electrons. The molecule has 0 aliphatic heterocycles. The first-order valence-corrected chi connectivity index (χ1v) is 6.29. The molecule has 2 rings (SSSR count). The molecule has 0 bridgehead atoms. The van der Waals surface area contributed by atoms with E-state index in [9.17, 15) is 13.2 Å². The van der Waals surface area contributed by atoms with Gasteiger partial charge in [0.05, 0.1) is 12.7 Å². The number of aliphatic hydroxyl groups is 1. The zero-order chi connectivity index (χ0) is 15.5. The van der Waals surface area contributed by atoms with Crippen LogP contribution in [0.15, 0.2) is 40.9 Å². The number of oxazole rings is 1. The van der Waals surface area contributed by atoms with Gasteiger partial charge in [0.15, 0.2) is 11.9 Å². The van der Waals surface area contributed by atoms with E-state index in [4.69, 9.17) is 9.52 Å². The lowest BCUT2D eigenvalue weighted by molar-refractivity contribution is -0.207. The molecule has 0 aliphatic rings. The molecule has 0 spiro atoms. The van der Waals surface area contributed by atoms with Gasteiger partial charge >= 0.3 is 6.18 Å². The molecule has 1 unspecified atom stereocenters. The lowest BCUT2D eigenvalue weighted by Crippen LogP contribution is -2.39. The van der Waals surface area contributed by atoms with E-state index >= 15 is 0 Å². The number of hydrogen-bond donors (Lipinski definition) is 1. The number of aliphatic hydroxyl groups excluding tert-OH is 1. The Kier molecular flexibility index (Phi) is 4.64. The van der Waals surface area contributed by atoms with E-state index < -0.39 is 18.8 Å². The Hall–Kier alpha value is -1.86. The second kappa shape index (κ2) is 6.28. The standard InChI is InChI=1S/C14H15F3N2O2/c1-19(8-12(20)14(15,16)17)9-13-18-7-11(21-13)10-5-3-2-4-6-10/h2-7,12,20H,8-9H2,1H3. The van der Waals surface area contributed by atoms with Gasteiger partial charge in [0.1, 0.15) is 0 Å². The predicted octanol–water partition coefficient (Wildman–Crippen LogP) is 2.70. The molecule has 1 aromatic heterocycles. The van der Waals surface area contributed by atoms with Crippen LogP contribution in [0.3, 0.4) is 0 Å². The van der Waals surface area contributed by atoms with Crippen LogP contribution in [0.25, 0.3) is 11.3 Å². The highest BCUT2D eigenvalue weighted by atomic mass is 19.4. The zero-order valence-corrected chi connectivity index (χ0v) is 11.3. The lowest BCUT2D eigenvalue weighted by Gasteiger charge is -2.20. The van der Waals surface area contributed by atoms with E-state index in [0.717, 1.165) is 5.56 Å². The highest BCUT2D eigenvalue weighted by molar-refractivity contribution is 5.55. The molecule has 1 heterocycles. The highest BCUT2D eigenvalue weighted by Crippen LogP contribution is 2.22. The Labute approximate surface area is 119 Å². The topological polar surface area (TPSA) is 49.5 Å². The van der Waals surface area contributed by atoms with Gasteiger partial charge in [-0.2, -0.15) is 13.2 Å². The number of benzene rings is 1. The maximum Gasteiger partial charge on any atom is 0.415 e. The minimum atomic E-state index is -4.62. The minimum absolute atomic E-state index is 0.0833. The number of likely N-dealkylation sites (N-methyl/N-ethyl adjacent to an activating group) is 1. The van der Waals surface area contributed by atoms with E-state index in [1.54, 1.807) is 0 Å². The zero-order valence-electron chi connectivity index (χ0n) is 11.3. The quantitative estimate of drug-likeness (QED) is 0.922. The lowest BCUT2D eigenvalue weighted by atomic mass is 10.2. The van der Waals surface area contributed by atoms with E-state index in [2.05, 4.69) is 4.98 Å². The summed E-state index contributed by atoms with van der Waals surface area (Å²) in [7, 11) is 1.46. The third-order valence-corrected chi connectivity index (χ3v) is 2.88. The summed E-state index contributed by atoms with van der Waals surface area (Å²) < 4.78 is 42.3. The van der Waals surface area contributed by atoms with Crippen molar-refractivity contribution in [2.75, 3.05) is 13.6 Å². The summed E-state index contributed by atoms with van der Waals surface area (Å²) in [6, 6.07) is 9.27. The second-order valence-corrected chi connectivity index (χ2v) is 4.74. The molecule has 0 aliphatic carbocycles. The summed E-state index contributed by atoms with van der Waals surface area (Å²) in [6.45, 7) is -0.452. The fourth-order valence-electron chi connectivity index (χ4n) is 1.81. The summed E-state index contributed by atoms with van der Waals surface area (Å²) in [4.78, 5) is 5.34. The predicted molar refractivity (Wildman–Crippen MR) is 70.3 cm³/mol. The molecule has 1 atom stereocenters. The van der Waals surface area contributed by atoms with Gasteiger partial charge in [-0.25, -0.2) is 4.98 Å². The third-order valence-electron chi connectivity index (χ3n) is 2.88. The van der Waals surface area contributed by atoms with Gasteiger partial charge < -0.3 is 9.52 Å². The normalized spacial score (nSPS) is 13.6. The highest BCUT2D eigenvalue weighted by Gasteiger charge is 2.38. The van der Waals surface area contributed by atoms with Crippen LogP contribution in [0.1, 0.15) is 5.89 Å². The Balaban J connectivity index is 1.97. The van der Waals surface area contributed by atoms with Crippen LogP contribution in [-0.2, 0) is 6.54 Å². The summed E-state index contributed by atoms with van der Waals surface area (Å²) in [5.74, 6) is 0.848. The van der Waals surface area contributed by atoms with E-state index in [0.29, 0.717) is 11.7 Å². The summed E-state index contributed by atoms with van der Waals surface area (Å²) in [5.41, 5.74) is 0.842. The van der Waals surface area contributed by atoms with Crippen LogP contribution in [0.5, 0.6) is 0 Å². The molecule has 1 N–H and O–H groups in total. The molecule has 4 nitrogen and oxygen atoms in total. The van der Waals surface area contributed by atoms with Crippen molar-refractivity contribution < 1.29 is 22.7 Å². The first kappa shape index (κ1) is 15.5. The number of nitrogens with zero attached hydrogens (tertiary/aromatic N) is 2.